The Kier molecular flexibility index (Phi) is 2.77. The molecule has 4 nitrogen and oxygen atoms in total. The molecule has 0 amide bonds. The summed E-state index contributed by atoms with van der Waals surface area (Å²) in [6, 6.07) is 0. The molecular formula is C15H19NO3. The Bertz CT molecular complexity index is 470. The molecule has 5 unspecified atom stereocenters. The third-order valence-electron chi connectivity index (χ3n) is 4.71. The van der Waals surface area contributed by atoms with E-state index in [1.807, 2.05) is 6.92 Å². The molecule has 4 heteroatoms. The Balaban J connectivity index is 1.96. The van der Waals surface area contributed by atoms with Crippen LogP contribution in [0.2, 0.25) is 0 Å². The third kappa shape index (κ3) is 1.66. The quantitative estimate of drug-likeness (QED) is 0.442. The second-order valence-electron chi connectivity index (χ2n) is 5.85. The standard InChI is InChI=1S/C15H19NO3/c1-4-18-12-5-10-6-15(12,16-7-9(2)3)11-8-19-14(17)13(10)11/h4,7,10-13H,1-2,5-6,8H2,3H3/b16-7-. The van der Waals surface area contributed by atoms with Crippen molar-refractivity contribution in [3.05, 3.63) is 25.0 Å². The number of carbonyl (C=O) groups excluding carboxylic acids is 1. The van der Waals surface area contributed by atoms with Crippen molar-refractivity contribution >= 4 is 12.2 Å². The Morgan fingerprint density at radius 1 is 1.63 bits per heavy atom. The lowest BCUT2D eigenvalue weighted by Crippen LogP contribution is -2.46. The van der Waals surface area contributed by atoms with Crippen molar-refractivity contribution in [3.8, 4) is 0 Å². The van der Waals surface area contributed by atoms with Crippen molar-refractivity contribution in [2.45, 2.75) is 31.4 Å². The summed E-state index contributed by atoms with van der Waals surface area (Å²) in [6.07, 6.45) is 5.04. The minimum Gasteiger partial charge on any atom is -0.496 e. The van der Waals surface area contributed by atoms with Gasteiger partial charge in [0.1, 0.15) is 11.6 Å². The van der Waals surface area contributed by atoms with Crippen LogP contribution in [0.5, 0.6) is 0 Å². The molecule has 3 fully saturated rings. The Morgan fingerprint density at radius 3 is 3.11 bits per heavy atom. The molecule has 102 valence electrons. The monoisotopic (exact) mass is 261 g/mol. The number of cyclic esters (lactones) is 1. The average molecular weight is 261 g/mol. The molecule has 0 spiro atoms. The minimum absolute atomic E-state index is 0.00125. The van der Waals surface area contributed by atoms with Crippen LogP contribution in [0.1, 0.15) is 19.8 Å². The summed E-state index contributed by atoms with van der Waals surface area (Å²) in [5.41, 5.74) is 0.568. The van der Waals surface area contributed by atoms with Crippen molar-refractivity contribution in [2.24, 2.45) is 22.7 Å². The van der Waals surface area contributed by atoms with Crippen LogP contribution in [0.15, 0.2) is 30.0 Å². The molecule has 1 heterocycles. The van der Waals surface area contributed by atoms with Crippen LogP contribution in [0, 0.1) is 17.8 Å². The van der Waals surface area contributed by atoms with E-state index in [0.717, 1.165) is 18.4 Å². The second-order valence-corrected chi connectivity index (χ2v) is 5.85. The van der Waals surface area contributed by atoms with Crippen molar-refractivity contribution in [1.82, 2.24) is 0 Å². The van der Waals surface area contributed by atoms with E-state index < -0.39 is 0 Å². The van der Waals surface area contributed by atoms with Crippen LogP contribution >= 0.6 is 0 Å². The van der Waals surface area contributed by atoms with E-state index in [4.69, 9.17) is 14.5 Å². The first kappa shape index (κ1) is 12.5. The van der Waals surface area contributed by atoms with Crippen LogP contribution in [-0.2, 0) is 14.3 Å². The van der Waals surface area contributed by atoms with Gasteiger partial charge in [0.15, 0.2) is 0 Å². The van der Waals surface area contributed by atoms with Gasteiger partial charge in [-0.2, -0.15) is 0 Å². The summed E-state index contributed by atoms with van der Waals surface area (Å²) in [7, 11) is 0. The first-order chi connectivity index (χ1) is 9.08. The van der Waals surface area contributed by atoms with E-state index in [-0.39, 0.29) is 29.4 Å². The predicted octanol–water partition coefficient (Wildman–Crippen LogP) is 2.11. The highest BCUT2D eigenvalue weighted by Gasteiger charge is 2.68. The van der Waals surface area contributed by atoms with Gasteiger partial charge >= 0.3 is 5.97 Å². The highest BCUT2D eigenvalue weighted by atomic mass is 16.5. The van der Waals surface area contributed by atoms with Crippen LogP contribution in [0.3, 0.4) is 0 Å². The maximum Gasteiger partial charge on any atom is 0.309 e. The van der Waals surface area contributed by atoms with Crippen molar-refractivity contribution in [3.63, 3.8) is 0 Å². The molecule has 0 N–H and O–H groups in total. The summed E-state index contributed by atoms with van der Waals surface area (Å²) < 4.78 is 10.9. The topological polar surface area (TPSA) is 47.9 Å². The molecule has 3 rings (SSSR count). The number of allylic oxidation sites excluding steroid dienone is 1. The molecule has 0 radical (unpaired) electrons. The summed E-state index contributed by atoms with van der Waals surface area (Å²) in [5.74, 6) is 0.415. The van der Waals surface area contributed by atoms with Crippen LogP contribution < -0.4 is 0 Å². The number of esters is 1. The average Bonchev–Trinajstić information content (AvgIpc) is 2.98. The van der Waals surface area contributed by atoms with E-state index in [2.05, 4.69) is 13.2 Å². The summed E-state index contributed by atoms with van der Waals surface area (Å²) in [5, 5.41) is 0. The van der Waals surface area contributed by atoms with Gasteiger partial charge in [0.25, 0.3) is 0 Å². The number of ether oxygens (including phenoxy) is 2. The first-order valence-corrected chi connectivity index (χ1v) is 6.72. The maximum atomic E-state index is 11.8. The van der Waals surface area contributed by atoms with E-state index in [1.54, 1.807) is 6.21 Å². The fraction of sp³-hybridized carbons (Fsp3) is 0.600. The lowest BCUT2D eigenvalue weighted by molar-refractivity contribution is -0.142. The number of hydrogen-bond acceptors (Lipinski definition) is 4. The Hall–Kier alpha value is -1.58. The number of carbonyl (C=O) groups is 1. The number of nitrogens with zero attached hydrogens (tertiary/aromatic N) is 1. The molecule has 0 aromatic rings. The molecule has 3 aliphatic rings. The van der Waals surface area contributed by atoms with Gasteiger partial charge in [0, 0.05) is 12.1 Å². The van der Waals surface area contributed by atoms with Gasteiger partial charge in [-0.05, 0) is 31.3 Å². The molecule has 2 bridgehead atoms. The molecule has 2 aliphatic carbocycles. The van der Waals surface area contributed by atoms with Gasteiger partial charge in [0.05, 0.1) is 18.8 Å². The van der Waals surface area contributed by atoms with E-state index in [0.29, 0.717) is 12.5 Å². The van der Waals surface area contributed by atoms with Gasteiger partial charge in [-0.15, -0.1) is 0 Å². The zero-order valence-electron chi connectivity index (χ0n) is 11.2. The van der Waals surface area contributed by atoms with Gasteiger partial charge in [-0.25, -0.2) is 0 Å². The zero-order chi connectivity index (χ0) is 13.6. The molecular weight excluding hydrogens is 242 g/mol. The van der Waals surface area contributed by atoms with E-state index in [9.17, 15) is 4.79 Å². The highest BCUT2D eigenvalue weighted by Crippen LogP contribution is 2.60. The van der Waals surface area contributed by atoms with Gasteiger partial charge in [-0.3, -0.25) is 9.79 Å². The summed E-state index contributed by atoms with van der Waals surface area (Å²) in [4.78, 5) is 16.6. The highest BCUT2D eigenvalue weighted by molar-refractivity contribution is 5.79. The number of rotatable bonds is 4. The smallest absolute Gasteiger partial charge is 0.309 e. The number of aliphatic imine (C=N–C) groups is 1. The lowest BCUT2D eigenvalue weighted by atomic mass is 9.75. The van der Waals surface area contributed by atoms with Crippen molar-refractivity contribution in [2.75, 3.05) is 6.61 Å². The fourth-order valence-electron chi connectivity index (χ4n) is 4.04. The van der Waals surface area contributed by atoms with Crippen LogP contribution in [0.25, 0.3) is 0 Å². The minimum atomic E-state index is -0.339. The molecule has 2 saturated carbocycles. The molecule has 1 saturated heterocycles. The van der Waals surface area contributed by atoms with Gasteiger partial charge < -0.3 is 9.47 Å². The summed E-state index contributed by atoms with van der Waals surface area (Å²) >= 11 is 0. The zero-order valence-corrected chi connectivity index (χ0v) is 11.2. The predicted molar refractivity (Wildman–Crippen MR) is 71.8 cm³/mol. The molecule has 19 heavy (non-hydrogen) atoms. The maximum absolute atomic E-state index is 11.8. The van der Waals surface area contributed by atoms with Crippen molar-refractivity contribution in [1.29, 1.82) is 0 Å². The van der Waals surface area contributed by atoms with Gasteiger partial charge in [-0.1, -0.05) is 13.2 Å². The third-order valence-corrected chi connectivity index (χ3v) is 4.71. The van der Waals surface area contributed by atoms with E-state index in [1.165, 1.54) is 6.26 Å². The van der Waals surface area contributed by atoms with Crippen LogP contribution in [0.4, 0.5) is 0 Å². The lowest BCUT2D eigenvalue weighted by Gasteiger charge is -2.36. The van der Waals surface area contributed by atoms with Gasteiger partial charge in [0.2, 0.25) is 0 Å². The number of fused-ring (bicyclic) bond motifs is 5. The number of hydrogen-bond donors (Lipinski definition) is 0. The van der Waals surface area contributed by atoms with Crippen molar-refractivity contribution < 1.29 is 14.3 Å². The van der Waals surface area contributed by atoms with E-state index >= 15 is 0 Å². The Morgan fingerprint density at radius 2 is 2.42 bits per heavy atom. The molecule has 0 aromatic heterocycles. The molecule has 1 aliphatic heterocycles. The SMILES string of the molecule is C=COC1CC2CC1(/N=C\C(=C)C)C1COC(=O)C21. The fourth-order valence-corrected chi connectivity index (χ4v) is 4.04. The van der Waals surface area contributed by atoms with Crippen LogP contribution in [-0.4, -0.2) is 30.4 Å². The Labute approximate surface area is 113 Å². The second kappa shape index (κ2) is 4.22. The molecule has 5 atom stereocenters. The first-order valence-electron chi connectivity index (χ1n) is 6.72. The summed E-state index contributed by atoms with van der Waals surface area (Å²) in [6.45, 7) is 9.88. The normalized spacial score (nSPS) is 43.3. The molecule has 0 aromatic carbocycles. The largest absolute Gasteiger partial charge is 0.496 e.